The van der Waals surface area contributed by atoms with Gasteiger partial charge in [0.05, 0.1) is 5.56 Å². The van der Waals surface area contributed by atoms with Crippen molar-refractivity contribution in [2.75, 3.05) is 18.9 Å². The summed E-state index contributed by atoms with van der Waals surface area (Å²) in [7, 11) is 2.11. The average Bonchev–Trinajstić information content (AvgIpc) is 2.37. The molecule has 0 radical (unpaired) electrons. The predicted octanol–water partition coefficient (Wildman–Crippen LogP) is 2.66. The lowest BCUT2D eigenvalue weighted by Gasteiger charge is -2.40. The fraction of sp³-hybridized carbons (Fsp3) is 0.533. The van der Waals surface area contributed by atoms with Crippen LogP contribution in [0.1, 0.15) is 30.6 Å². The molecule has 3 atom stereocenters. The molecule has 110 valence electrons. The van der Waals surface area contributed by atoms with Gasteiger partial charge < -0.3 is 15.3 Å². The van der Waals surface area contributed by atoms with E-state index in [2.05, 4.69) is 31.1 Å². The maximum atomic E-state index is 13.4. The van der Waals surface area contributed by atoms with E-state index in [1.165, 1.54) is 12.1 Å². The quantitative estimate of drug-likeness (QED) is 0.893. The maximum absolute atomic E-state index is 13.4. The minimum atomic E-state index is -1.24. The molecule has 2 rings (SSSR count). The van der Waals surface area contributed by atoms with Gasteiger partial charge in [-0.1, -0.05) is 6.92 Å². The molecule has 1 fully saturated rings. The van der Waals surface area contributed by atoms with E-state index in [0.29, 0.717) is 17.6 Å². The molecule has 1 aromatic carbocycles. The van der Waals surface area contributed by atoms with Crippen LogP contribution >= 0.6 is 0 Å². The van der Waals surface area contributed by atoms with E-state index in [4.69, 9.17) is 5.11 Å². The standard InChI is InChI=1S/C15H21FN2O2/c1-9-8-18(3)10(2)6-14(9)17-11-4-5-13(16)12(7-11)15(19)20/h4-5,7,9-10,14,17H,6,8H2,1-3H3,(H,19,20). The Labute approximate surface area is 118 Å². The fourth-order valence-corrected chi connectivity index (χ4v) is 2.74. The van der Waals surface area contributed by atoms with Crippen molar-refractivity contribution >= 4 is 11.7 Å². The highest BCUT2D eigenvalue weighted by molar-refractivity contribution is 5.89. The number of rotatable bonds is 3. The molecular formula is C15H21FN2O2. The van der Waals surface area contributed by atoms with Gasteiger partial charge in [-0.05, 0) is 44.5 Å². The van der Waals surface area contributed by atoms with Gasteiger partial charge in [0, 0.05) is 24.3 Å². The van der Waals surface area contributed by atoms with Crippen molar-refractivity contribution < 1.29 is 14.3 Å². The molecule has 2 N–H and O–H groups in total. The number of piperidine rings is 1. The van der Waals surface area contributed by atoms with Gasteiger partial charge in [-0.3, -0.25) is 0 Å². The molecule has 0 spiro atoms. The van der Waals surface area contributed by atoms with E-state index in [1.54, 1.807) is 6.07 Å². The third kappa shape index (κ3) is 3.10. The van der Waals surface area contributed by atoms with Crippen molar-refractivity contribution in [1.82, 2.24) is 4.90 Å². The van der Waals surface area contributed by atoms with Gasteiger partial charge in [0.1, 0.15) is 5.82 Å². The van der Waals surface area contributed by atoms with Crippen LogP contribution in [0.15, 0.2) is 18.2 Å². The van der Waals surface area contributed by atoms with Crippen LogP contribution < -0.4 is 5.32 Å². The summed E-state index contributed by atoms with van der Waals surface area (Å²) >= 11 is 0. The Kier molecular flexibility index (Phi) is 4.28. The Morgan fingerprint density at radius 2 is 2.15 bits per heavy atom. The summed E-state index contributed by atoms with van der Waals surface area (Å²) in [5, 5.41) is 12.3. The van der Waals surface area contributed by atoms with E-state index in [1.807, 2.05) is 0 Å². The van der Waals surface area contributed by atoms with E-state index in [0.717, 1.165) is 13.0 Å². The smallest absolute Gasteiger partial charge is 0.338 e. The van der Waals surface area contributed by atoms with Gasteiger partial charge in [0.15, 0.2) is 0 Å². The topological polar surface area (TPSA) is 52.6 Å². The number of carboxylic acid groups (broad SMARTS) is 1. The normalized spacial score (nSPS) is 27.3. The number of anilines is 1. The molecule has 0 amide bonds. The second-order valence-electron chi connectivity index (χ2n) is 5.75. The molecule has 0 bridgehead atoms. The third-order valence-electron chi connectivity index (χ3n) is 4.16. The first kappa shape index (κ1) is 14.8. The second kappa shape index (κ2) is 5.79. The maximum Gasteiger partial charge on any atom is 0.338 e. The predicted molar refractivity (Wildman–Crippen MR) is 76.6 cm³/mol. The van der Waals surface area contributed by atoms with Gasteiger partial charge in [0.25, 0.3) is 0 Å². The number of hydrogen-bond acceptors (Lipinski definition) is 3. The molecule has 1 heterocycles. The number of likely N-dealkylation sites (tertiary alicyclic amines) is 1. The van der Waals surface area contributed by atoms with Gasteiger partial charge in [-0.15, -0.1) is 0 Å². The molecule has 0 aliphatic carbocycles. The van der Waals surface area contributed by atoms with Crippen LogP contribution in [0.4, 0.5) is 10.1 Å². The van der Waals surface area contributed by atoms with Crippen LogP contribution in [0, 0.1) is 11.7 Å². The highest BCUT2D eigenvalue weighted by Crippen LogP contribution is 2.25. The second-order valence-corrected chi connectivity index (χ2v) is 5.75. The zero-order chi connectivity index (χ0) is 14.9. The molecule has 1 aliphatic heterocycles. The molecule has 1 saturated heterocycles. The first-order valence-electron chi connectivity index (χ1n) is 6.88. The third-order valence-corrected chi connectivity index (χ3v) is 4.16. The first-order valence-corrected chi connectivity index (χ1v) is 6.88. The summed E-state index contributed by atoms with van der Waals surface area (Å²) in [6.45, 7) is 5.33. The number of nitrogens with zero attached hydrogens (tertiary/aromatic N) is 1. The van der Waals surface area contributed by atoms with Gasteiger partial charge in [-0.2, -0.15) is 0 Å². The minimum Gasteiger partial charge on any atom is -0.478 e. The van der Waals surface area contributed by atoms with Crippen molar-refractivity contribution in [2.45, 2.75) is 32.4 Å². The molecule has 20 heavy (non-hydrogen) atoms. The van der Waals surface area contributed by atoms with Crippen LogP contribution in [0.3, 0.4) is 0 Å². The van der Waals surface area contributed by atoms with Crippen LogP contribution in [-0.4, -0.2) is 41.7 Å². The minimum absolute atomic E-state index is 0.272. The summed E-state index contributed by atoms with van der Waals surface area (Å²) in [6, 6.07) is 4.91. The lowest BCUT2D eigenvalue weighted by Crippen LogP contribution is -2.48. The van der Waals surface area contributed by atoms with Gasteiger partial charge in [0.2, 0.25) is 0 Å². The summed E-state index contributed by atoms with van der Waals surface area (Å²) in [4.78, 5) is 13.3. The zero-order valence-electron chi connectivity index (χ0n) is 12.1. The van der Waals surface area contributed by atoms with Crippen molar-refractivity contribution in [2.24, 2.45) is 5.92 Å². The largest absolute Gasteiger partial charge is 0.478 e. The summed E-state index contributed by atoms with van der Waals surface area (Å²) in [5.41, 5.74) is 0.376. The molecule has 0 aromatic heterocycles. The number of aromatic carboxylic acids is 1. The van der Waals surface area contributed by atoms with Crippen LogP contribution in [0.25, 0.3) is 0 Å². The van der Waals surface area contributed by atoms with E-state index in [-0.39, 0.29) is 11.6 Å². The Balaban J connectivity index is 2.14. The molecule has 1 aromatic rings. The van der Waals surface area contributed by atoms with Crippen molar-refractivity contribution in [3.63, 3.8) is 0 Å². The van der Waals surface area contributed by atoms with Crippen LogP contribution in [0.2, 0.25) is 0 Å². The highest BCUT2D eigenvalue weighted by Gasteiger charge is 2.28. The number of carbonyl (C=O) groups is 1. The number of benzene rings is 1. The van der Waals surface area contributed by atoms with E-state index in [9.17, 15) is 9.18 Å². The van der Waals surface area contributed by atoms with E-state index >= 15 is 0 Å². The Hall–Kier alpha value is -1.62. The highest BCUT2D eigenvalue weighted by atomic mass is 19.1. The molecule has 3 unspecified atom stereocenters. The average molecular weight is 280 g/mol. The molecular weight excluding hydrogens is 259 g/mol. The van der Waals surface area contributed by atoms with Crippen molar-refractivity contribution in [3.8, 4) is 0 Å². The Morgan fingerprint density at radius 1 is 1.45 bits per heavy atom. The summed E-state index contributed by atoms with van der Waals surface area (Å²) in [5.74, 6) is -1.49. The first-order chi connectivity index (χ1) is 9.38. The Bertz CT molecular complexity index is 507. The fourth-order valence-electron chi connectivity index (χ4n) is 2.74. The van der Waals surface area contributed by atoms with Crippen LogP contribution in [0.5, 0.6) is 0 Å². The monoisotopic (exact) mass is 280 g/mol. The zero-order valence-corrected chi connectivity index (χ0v) is 12.1. The van der Waals surface area contributed by atoms with Crippen LogP contribution in [-0.2, 0) is 0 Å². The van der Waals surface area contributed by atoms with Gasteiger partial charge >= 0.3 is 5.97 Å². The lowest BCUT2D eigenvalue weighted by atomic mass is 9.89. The Morgan fingerprint density at radius 3 is 2.80 bits per heavy atom. The van der Waals surface area contributed by atoms with Gasteiger partial charge in [-0.25, -0.2) is 9.18 Å². The lowest BCUT2D eigenvalue weighted by molar-refractivity contribution is 0.0692. The number of halogens is 1. The van der Waals surface area contributed by atoms with Crippen molar-refractivity contribution in [1.29, 1.82) is 0 Å². The summed E-state index contributed by atoms with van der Waals surface area (Å²) < 4.78 is 13.4. The molecule has 0 saturated carbocycles. The SMILES string of the molecule is CC1CN(C)C(C)CC1Nc1ccc(F)c(C(=O)O)c1. The molecule has 1 aliphatic rings. The van der Waals surface area contributed by atoms with E-state index < -0.39 is 11.8 Å². The number of hydrogen-bond donors (Lipinski definition) is 2. The summed E-state index contributed by atoms with van der Waals surface area (Å²) in [6.07, 6.45) is 0.984. The molecule has 5 heteroatoms. The molecule has 4 nitrogen and oxygen atoms in total. The number of carboxylic acids is 1. The number of nitrogens with one attached hydrogen (secondary N) is 1. The van der Waals surface area contributed by atoms with Crippen molar-refractivity contribution in [3.05, 3.63) is 29.6 Å².